The second-order valence-corrected chi connectivity index (χ2v) is 9.14. The molecule has 0 aromatic carbocycles. The fraction of sp³-hybridized carbons (Fsp3) is 0.870. The molecular weight excluding hydrogens is 354 g/mol. The average Bonchev–Trinajstić information content (AvgIpc) is 2.74. The maximum atomic E-state index is 12.9. The number of hydroxylamine groups is 2. The lowest BCUT2D eigenvalue weighted by Crippen LogP contribution is -2.48. The molecule has 1 aliphatic rings. The molecule has 0 bridgehead atoms. The SMILES string of the molecule is CCCCCCCCC1=C(COCCCCCC(=O)O)C(C)(C)N([O])C1(C)C. The lowest BCUT2D eigenvalue weighted by Gasteiger charge is -2.34. The van der Waals surface area contributed by atoms with E-state index in [-0.39, 0.29) is 6.42 Å². The molecule has 0 saturated heterocycles. The van der Waals surface area contributed by atoms with Crippen molar-refractivity contribution in [2.45, 2.75) is 116 Å². The van der Waals surface area contributed by atoms with Crippen LogP contribution in [0.2, 0.25) is 0 Å². The maximum Gasteiger partial charge on any atom is 0.303 e. The van der Waals surface area contributed by atoms with E-state index in [2.05, 4.69) is 6.92 Å². The first-order chi connectivity index (χ1) is 13.2. The van der Waals surface area contributed by atoms with Crippen LogP contribution in [-0.4, -0.2) is 40.4 Å². The molecule has 0 aromatic heterocycles. The van der Waals surface area contributed by atoms with Gasteiger partial charge in [-0.2, -0.15) is 0 Å². The summed E-state index contributed by atoms with van der Waals surface area (Å²) in [5, 5.41) is 22.9. The van der Waals surface area contributed by atoms with E-state index in [1.165, 1.54) is 42.7 Å². The van der Waals surface area contributed by atoms with Gasteiger partial charge < -0.3 is 9.84 Å². The fourth-order valence-corrected chi connectivity index (χ4v) is 4.32. The normalized spacial score (nSPS) is 18.8. The van der Waals surface area contributed by atoms with Crippen molar-refractivity contribution >= 4 is 5.97 Å². The van der Waals surface area contributed by atoms with Gasteiger partial charge >= 0.3 is 5.97 Å². The van der Waals surface area contributed by atoms with Crippen molar-refractivity contribution in [2.75, 3.05) is 13.2 Å². The molecule has 28 heavy (non-hydrogen) atoms. The standard InChI is InChI=1S/C23H42NO4/c1-6-7-8-9-10-12-15-19-20(23(4,5)24(27)22(19,2)3)18-28-17-14-11-13-16-21(25)26/h6-18H2,1-5H3,(H,25,26). The van der Waals surface area contributed by atoms with Gasteiger partial charge in [-0.15, -0.1) is 10.3 Å². The molecule has 0 unspecified atom stereocenters. The Kier molecular flexibility index (Phi) is 10.7. The molecule has 0 aliphatic carbocycles. The lowest BCUT2D eigenvalue weighted by molar-refractivity contribution is -0.241. The molecule has 0 amide bonds. The summed E-state index contributed by atoms with van der Waals surface area (Å²) in [5.74, 6) is -0.740. The largest absolute Gasteiger partial charge is 0.481 e. The van der Waals surface area contributed by atoms with E-state index in [9.17, 15) is 10.0 Å². The van der Waals surface area contributed by atoms with Crippen LogP contribution in [-0.2, 0) is 14.7 Å². The molecule has 0 atom stereocenters. The molecule has 0 spiro atoms. The minimum Gasteiger partial charge on any atom is -0.481 e. The van der Waals surface area contributed by atoms with Crippen molar-refractivity contribution in [2.24, 2.45) is 0 Å². The summed E-state index contributed by atoms with van der Waals surface area (Å²) < 4.78 is 5.92. The Bertz CT molecular complexity index is 511. The summed E-state index contributed by atoms with van der Waals surface area (Å²) in [4.78, 5) is 10.5. The number of carbonyl (C=O) groups is 1. The number of nitrogens with zero attached hydrogens (tertiary/aromatic N) is 1. The van der Waals surface area contributed by atoms with Crippen LogP contribution in [0.1, 0.15) is 105 Å². The van der Waals surface area contributed by atoms with Gasteiger partial charge in [-0.05, 0) is 64.5 Å². The summed E-state index contributed by atoms with van der Waals surface area (Å²) in [5.41, 5.74) is 1.39. The smallest absolute Gasteiger partial charge is 0.303 e. The fourth-order valence-electron chi connectivity index (χ4n) is 4.32. The molecule has 0 aromatic rings. The van der Waals surface area contributed by atoms with E-state index >= 15 is 0 Å². The zero-order valence-corrected chi connectivity index (χ0v) is 18.8. The van der Waals surface area contributed by atoms with Gasteiger partial charge in [0.15, 0.2) is 0 Å². The molecular formula is C23H42NO4. The van der Waals surface area contributed by atoms with Crippen molar-refractivity contribution in [3.05, 3.63) is 11.1 Å². The Morgan fingerprint density at radius 1 is 0.893 bits per heavy atom. The zero-order valence-electron chi connectivity index (χ0n) is 18.8. The van der Waals surface area contributed by atoms with Gasteiger partial charge in [-0.1, -0.05) is 45.4 Å². The molecule has 0 fully saturated rings. The highest BCUT2D eigenvalue weighted by atomic mass is 16.5. The third-order valence-electron chi connectivity index (χ3n) is 6.06. The van der Waals surface area contributed by atoms with Crippen molar-refractivity contribution in [3.63, 3.8) is 0 Å². The van der Waals surface area contributed by atoms with Gasteiger partial charge in [0.05, 0.1) is 17.7 Å². The van der Waals surface area contributed by atoms with Crippen molar-refractivity contribution in [3.8, 4) is 0 Å². The van der Waals surface area contributed by atoms with Gasteiger partial charge in [0.2, 0.25) is 0 Å². The second-order valence-electron chi connectivity index (χ2n) is 9.14. The monoisotopic (exact) mass is 396 g/mol. The van der Waals surface area contributed by atoms with E-state index < -0.39 is 17.0 Å². The summed E-state index contributed by atoms with van der Waals surface area (Å²) >= 11 is 0. The third kappa shape index (κ3) is 7.16. The Morgan fingerprint density at radius 3 is 2.11 bits per heavy atom. The minimum atomic E-state index is -0.740. The number of ether oxygens (including phenoxy) is 1. The first-order valence-electron chi connectivity index (χ1n) is 11.2. The molecule has 5 heteroatoms. The number of hydrogen-bond donors (Lipinski definition) is 1. The van der Waals surface area contributed by atoms with Gasteiger partial charge in [0, 0.05) is 13.0 Å². The number of aliphatic carboxylic acids is 1. The van der Waals surface area contributed by atoms with Crippen LogP contribution >= 0.6 is 0 Å². The van der Waals surface area contributed by atoms with Crippen LogP contribution in [0.3, 0.4) is 0 Å². The highest BCUT2D eigenvalue weighted by Gasteiger charge is 2.51. The molecule has 0 saturated carbocycles. The molecule has 1 N–H and O–H groups in total. The summed E-state index contributed by atoms with van der Waals surface area (Å²) in [6, 6.07) is 0. The average molecular weight is 397 g/mol. The Labute approximate surface area is 172 Å². The molecule has 1 heterocycles. The van der Waals surface area contributed by atoms with Crippen LogP contribution < -0.4 is 0 Å². The second kappa shape index (κ2) is 11.9. The van der Waals surface area contributed by atoms with Crippen molar-refractivity contribution in [1.82, 2.24) is 5.06 Å². The number of unbranched alkanes of at least 4 members (excludes halogenated alkanes) is 7. The first kappa shape index (κ1) is 25.1. The van der Waals surface area contributed by atoms with Gasteiger partial charge in [0.25, 0.3) is 0 Å². The molecule has 1 aliphatic heterocycles. The molecule has 1 radical (unpaired) electrons. The van der Waals surface area contributed by atoms with Crippen molar-refractivity contribution in [1.29, 1.82) is 0 Å². The Morgan fingerprint density at radius 2 is 1.46 bits per heavy atom. The number of carboxylic acid groups (broad SMARTS) is 1. The predicted octanol–water partition coefficient (Wildman–Crippen LogP) is 5.91. The predicted molar refractivity (Wildman–Crippen MR) is 113 cm³/mol. The van der Waals surface area contributed by atoms with Gasteiger partial charge in [-0.25, -0.2) is 0 Å². The topological polar surface area (TPSA) is 69.7 Å². The van der Waals surface area contributed by atoms with Crippen LogP contribution in [0.5, 0.6) is 0 Å². The van der Waals surface area contributed by atoms with Crippen LogP contribution in [0.4, 0.5) is 0 Å². The number of rotatable bonds is 15. The van der Waals surface area contributed by atoms with E-state index in [1.54, 1.807) is 0 Å². The minimum absolute atomic E-state index is 0.222. The lowest BCUT2D eigenvalue weighted by atomic mass is 9.87. The summed E-state index contributed by atoms with van der Waals surface area (Å²) in [6.07, 6.45) is 11.1. The molecule has 163 valence electrons. The highest BCUT2D eigenvalue weighted by Crippen LogP contribution is 2.46. The summed E-state index contributed by atoms with van der Waals surface area (Å²) in [6.45, 7) is 11.4. The van der Waals surface area contributed by atoms with E-state index in [4.69, 9.17) is 9.84 Å². The third-order valence-corrected chi connectivity index (χ3v) is 6.06. The van der Waals surface area contributed by atoms with Crippen molar-refractivity contribution < 1.29 is 19.8 Å². The van der Waals surface area contributed by atoms with Crippen LogP contribution in [0, 0.1) is 0 Å². The first-order valence-corrected chi connectivity index (χ1v) is 11.2. The van der Waals surface area contributed by atoms with E-state index in [1.807, 2.05) is 27.7 Å². The quantitative estimate of drug-likeness (QED) is 0.276. The van der Waals surface area contributed by atoms with Gasteiger partial charge in [-0.3, -0.25) is 4.79 Å². The maximum absolute atomic E-state index is 12.9. The van der Waals surface area contributed by atoms with E-state index in [0.29, 0.717) is 19.6 Å². The molecule has 5 nitrogen and oxygen atoms in total. The van der Waals surface area contributed by atoms with Crippen LogP contribution in [0.15, 0.2) is 11.1 Å². The number of hydrogen-bond acceptors (Lipinski definition) is 3. The van der Waals surface area contributed by atoms with E-state index in [0.717, 1.165) is 31.3 Å². The van der Waals surface area contributed by atoms with Gasteiger partial charge in [0.1, 0.15) is 0 Å². The Hall–Kier alpha value is -0.910. The number of carboxylic acids is 1. The summed E-state index contributed by atoms with van der Waals surface area (Å²) in [7, 11) is 0. The zero-order chi connectivity index (χ0) is 21.2. The van der Waals surface area contributed by atoms with Crippen LogP contribution in [0.25, 0.3) is 0 Å². The molecule has 1 rings (SSSR count). The highest BCUT2D eigenvalue weighted by molar-refractivity contribution is 5.66. The Balaban J connectivity index is 2.59.